The molecule has 1 unspecified atom stereocenters. The van der Waals surface area contributed by atoms with Crippen LogP contribution in [-0.2, 0) is 9.59 Å². The normalized spacial score (nSPS) is 17.3. The molecule has 3 N–H and O–H groups in total. The van der Waals surface area contributed by atoms with Crippen molar-refractivity contribution in [3.8, 4) is 0 Å². The molecule has 1 aliphatic heterocycles. The van der Waals surface area contributed by atoms with Crippen LogP contribution in [0.2, 0.25) is 0 Å². The van der Waals surface area contributed by atoms with Gasteiger partial charge in [-0.2, -0.15) is 0 Å². The van der Waals surface area contributed by atoms with Gasteiger partial charge in [0, 0.05) is 43.4 Å². The highest BCUT2D eigenvalue weighted by Gasteiger charge is 2.26. The molecule has 7 heteroatoms. The lowest BCUT2D eigenvalue weighted by atomic mass is 9.96. The van der Waals surface area contributed by atoms with Crippen LogP contribution in [0.3, 0.4) is 0 Å². The molecule has 1 saturated heterocycles. The minimum absolute atomic E-state index is 0.00643. The number of nitrogens with zero attached hydrogens (tertiary/aromatic N) is 3. The number of rotatable bonds is 5. The molecule has 1 aromatic heterocycles. The molecule has 1 aliphatic rings. The first kappa shape index (κ1) is 21.5. The van der Waals surface area contributed by atoms with Gasteiger partial charge < -0.3 is 16.0 Å². The molecule has 3 rings (SSSR count). The molecular formula is C23H29N5O2. The molecule has 2 heterocycles. The smallest absolute Gasteiger partial charge is 0.219 e. The fourth-order valence-electron chi connectivity index (χ4n) is 3.85. The zero-order valence-electron chi connectivity index (χ0n) is 18.0. The summed E-state index contributed by atoms with van der Waals surface area (Å²) in [5.41, 5.74) is 9.35. The van der Waals surface area contributed by atoms with Gasteiger partial charge in [0.05, 0.1) is 11.3 Å². The largest absolute Gasteiger partial charge is 0.402 e. The van der Waals surface area contributed by atoms with E-state index in [9.17, 15) is 9.59 Å². The quantitative estimate of drug-likeness (QED) is 0.735. The predicted molar refractivity (Wildman–Crippen MR) is 118 cm³/mol. The van der Waals surface area contributed by atoms with E-state index in [-0.39, 0.29) is 17.6 Å². The SMILES string of the molecule is CC(=O)/C(=C(/C)N)c1cc(Nc2cccc(C)c2)nc(C2CCCN(C(C)=O)C2)n1. The molecule has 1 aromatic carbocycles. The third-order valence-electron chi connectivity index (χ3n) is 5.27. The van der Waals surface area contributed by atoms with Crippen LogP contribution < -0.4 is 11.1 Å². The Morgan fingerprint density at radius 1 is 1.17 bits per heavy atom. The second-order valence-electron chi connectivity index (χ2n) is 7.91. The van der Waals surface area contributed by atoms with Gasteiger partial charge in [-0.25, -0.2) is 9.97 Å². The van der Waals surface area contributed by atoms with E-state index >= 15 is 0 Å². The number of ketones is 1. The number of carbonyl (C=O) groups excluding carboxylic acids is 2. The van der Waals surface area contributed by atoms with Gasteiger partial charge in [0.25, 0.3) is 0 Å². The Balaban J connectivity index is 2.05. The first-order valence-corrected chi connectivity index (χ1v) is 10.2. The maximum Gasteiger partial charge on any atom is 0.219 e. The van der Waals surface area contributed by atoms with Crippen LogP contribution in [0.4, 0.5) is 11.5 Å². The third kappa shape index (κ3) is 5.03. The fourth-order valence-corrected chi connectivity index (χ4v) is 3.85. The van der Waals surface area contributed by atoms with Gasteiger partial charge >= 0.3 is 0 Å². The first-order chi connectivity index (χ1) is 14.2. The Morgan fingerprint density at radius 2 is 1.93 bits per heavy atom. The number of nitrogens with one attached hydrogen (secondary N) is 1. The topological polar surface area (TPSA) is 101 Å². The van der Waals surface area contributed by atoms with Gasteiger partial charge in [-0.1, -0.05) is 12.1 Å². The minimum atomic E-state index is -0.143. The Labute approximate surface area is 177 Å². The zero-order chi connectivity index (χ0) is 21.8. The molecule has 158 valence electrons. The maximum atomic E-state index is 12.3. The molecule has 0 radical (unpaired) electrons. The minimum Gasteiger partial charge on any atom is -0.402 e. The van der Waals surface area contributed by atoms with Crippen molar-refractivity contribution in [3.05, 3.63) is 53.1 Å². The number of anilines is 2. The van der Waals surface area contributed by atoms with E-state index in [1.54, 1.807) is 19.9 Å². The summed E-state index contributed by atoms with van der Waals surface area (Å²) in [7, 11) is 0. The van der Waals surface area contributed by atoms with Crippen molar-refractivity contribution in [1.82, 2.24) is 14.9 Å². The first-order valence-electron chi connectivity index (χ1n) is 10.2. The number of carbonyl (C=O) groups is 2. The van der Waals surface area contributed by atoms with Crippen molar-refractivity contribution in [2.75, 3.05) is 18.4 Å². The van der Waals surface area contributed by atoms with E-state index in [0.717, 1.165) is 30.6 Å². The second kappa shape index (κ2) is 9.07. The van der Waals surface area contributed by atoms with Gasteiger partial charge in [-0.3, -0.25) is 9.59 Å². The van der Waals surface area contributed by atoms with E-state index in [0.29, 0.717) is 35.2 Å². The van der Waals surface area contributed by atoms with E-state index < -0.39 is 0 Å². The molecule has 0 aliphatic carbocycles. The number of allylic oxidation sites excluding steroid dienone is 2. The van der Waals surface area contributed by atoms with Crippen LogP contribution >= 0.6 is 0 Å². The zero-order valence-corrected chi connectivity index (χ0v) is 18.0. The summed E-state index contributed by atoms with van der Waals surface area (Å²) < 4.78 is 0. The van der Waals surface area contributed by atoms with Crippen LogP contribution in [0.15, 0.2) is 36.0 Å². The van der Waals surface area contributed by atoms with Crippen molar-refractivity contribution in [3.63, 3.8) is 0 Å². The Kier molecular flexibility index (Phi) is 6.50. The number of hydrogen-bond acceptors (Lipinski definition) is 6. The molecule has 1 atom stereocenters. The summed E-state index contributed by atoms with van der Waals surface area (Å²) in [6.07, 6.45) is 1.78. The number of piperidine rings is 1. The number of nitrogens with two attached hydrogens (primary N) is 1. The molecule has 1 fully saturated rings. The summed E-state index contributed by atoms with van der Waals surface area (Å²) >= 11 is 0. The molecule has 30 heavy (non-hydrogen) atoms. The Bertz CT molecular complexity index is 995. The molecular weight excluding hydrogens is 378 g/mol. The van der Waals surface area contributed by atoms with Crippen LogP contribution in [0.1, 0.15) is 56.6 Å². The summed E-state index contributed by atoms with van der Waals surface area (Å²) in [5.74, 6) is 1.13. The molecule has 0 spiro atoms. The lowest BCUT2D eigenvalue weighted by Crippen LogP contribution is -2.38. The van der Waals surface area contributed by atoms with Crippen molar-refractivity contribution in [2.24, 2.45) is 5.73 Å². The molecule has 2 aromatic rings. The Morgan fingerprint density at radius 3 is 2.57 bits per heavy atom. The van der Waals surface area contributed by atoms with Crippen LogP contribution in [-0.4, -0.2) is 39.6 Å². The van der Waals surface area contributed by atoms with E-state index in [2.05, 4.69) is 5.32 Å². The number of hydrogen-bond donors (Lipinski definition) is 2. The number of aryl methyl sites for hydroxylation is 1. The van der Waals surface area contributed by atoms with Gasteiger partial charge in [0.1, 0.15) is 11.6 Å². The molecule has 7 nitrogen and oxygen atoms in total. The van der Waals surface area contributed by atoms with E-state index in [1.165, 1.54) is 6.92 Å². The standard InChI is InChI=1S/C23H29N5O2/c1-14-7-5-9-19(11-14)25-21-12-20(22(15(2)24)16(3)29)26-23(27-21)18-8-6-10-28(13-18)17(4)30/h5,7,9,11-12,18H,6,8,10,13,24H2,1-4H3,(H,25,26,27)/b22-15+. The van der Waals surface area contributed by atoms with Crippen LogP contribution in [0, 0.1) is 6.92 Å². The van der Waals surface area contributed by atoms with Crippen molar-refractivity contribution in [1.29, 1.82) is 0 Å². The molecule has 0 bridgehead atoms. The summed E-state index contributed by atoms with van der Waals surface area (Å²) in [6.45, 7) is 8.11. The van der Waals surface area contributed by atoms with Crippen molar-refractivity contribution < 1.29 is 9.59 Å². The van der Waals surface area contributed by atoms with Gasteiger partial charge in [0.15, 0.2) is 5.78 Å². The number of Topliss-reactive ketones (excluding diaryl/α,β-unsaturated/α-hetero) is 1. The van der Waals surface area contributed by atoms with Gasteiger partial charge in [-0.15, -0.1) is 0 Å². The average molecular weight is 408 g/mol. The van der Waals surface area contributed by atoms with E-state index in [4.69, 9.17) is 15.7 Å². The van der Waals surface area contributed by atoms with Crippen LogP contribution in [0.25, 0.3) is 5.57 Å². The fraction of sp³-hybridized carbons (Fsp3) is 0.391. The highest BCUT2D eigenvalue weighted by Crippen LogP contribution is 2.29. The molecule has 1 amide bonds. The number of benzene rings is 1. The monoisotopic (exact) mass is 407 g/mol. The van der Waals surface area contributed by atoms with E-state index in [1.807, 2.05) is 36.1 Å². The number of likely N-dealkylation sites (tertiary alicyclic amines) is 1. The summed E-state index contributed by atoms with van der Waals surface area (Å²) in [6, 6.07) is 9.73. The Hall–Kier alpha value is -3.22. The number of aromatic nitrogens is 2. The summed E-state index contributed by atoms with van der Waals surface area (Å²) in [4.78, 5) is 35.4. The molecule has 0 saturated carbocycles. The van der Waals surface area contributed by atoms with Crippen molar-refractivity contribution >= 4 is 28.8 Å². The summed E-state index contributed by atoms with van der Waals surface area (Å²) in [5, 5.41) is 3.32. The van der Waals surface area contributed by atoms with Gasteiger partial charge in [-0.05, 0) is 51.3 Å². The lowest BCUT2D eigenvalue weighted by Gasteiger charge is -2.31. The highest BCUT2D eigenvalue weighted by molar-refractivity contribution is 6.19. The highest BCUT2D eigenvalue weighted by atomic mass is 16.2. The van der Waals surface area contributed by atoms with Gasteiger partial charge in [0.2, 0.25) is 5.91 Å². The van der Waals surface area contributed by atoms with Crippen molar-refractivity contribution in [2.45, 2.75) is 46.5 Å². The average Bonchev–Trinajstić information content (AvgIpc) is 2.67. The maximum absolute atomic E-state index is 12.3. The second-order valence-corrected chi connectivity index (χ2v) is 7.91. The third-order valence-corrected chi connectivity index (χ3v) is 5.27. The predicted octanol–water partition coefficient (Wildman–Crippen LogP) is 3.53. The van der Waals surface area contributed by atoms with Crippen LogP contribution in [0.5, 0.6) is 0 Å². The lowest BCUT2D eigenvalue weighted by molar-refractivity contribution is -0.130. The number of amides is 1.